The SMILES string of the molecule is CN=C(NCC(C)(C)OC)NC1CN(C2CC2)CC1C.I. The maximum absolute atomic E-state index is 5.43. The summed E-state index contributed by atoms with van der Waals surface area (Å²) in [5.74, 6) is 1.55. The van der Waals surface area contributed by atoms with E-state index in [0.717, 1.165) is 25.1 Å². The Morgan fingerprint density at radius 2 is 2.00 bits per heavy atom. The van der Waals surface area contributed by atoms with Gasteiger partial charge >= 0.3 is 0 Å². The van der Waals surface area contributed by atoms with Gasteiger partial charge < -0.3 is 15.4 Å². The molecule has 1 aliphatic carbocycles. The molecule has 2 unspecified atom stereocenters. The molecule has 1 heterocycles. The summed E-state index contributed by atoms with van der Waals surface area (Å²) < 4.78 is 5.43. The van der Waals surface area contributed by atoms with Gasteiger partial charge in [0.1, 0.15) is 0 Å². The third-order valence-corrected chi connectivity index (χ3v) is 4.48. The molecule has 124 valence electrons. The van der Waals surface area contributed by atoms with Crippen LogP contribution in [0, 0.1) is 5.92 Å². The smallest absolute Gasteiger partial charge is 0.191 e. The first kappa shape index (κ1) is 19.0. The predicted octanol–water partition coefficient (Wildman–Crippen LogP) is 1.68. The molecule has 0 aromatic heterocycles. The molecule has 0 amide bonds. The van der Waals surface area contributed by atoms with E-state index in [0.29, 0.717) is 12.0 Å². The van der Waals surface area contributed by atoms with Gasteiger partial charge in [0, 0.05) is 45.9 Å². The summed E-state index contributed by atoms with van der Waals surface area (Å²) in [6.45, 7) is 9.56. The van der Waals surface area contributed by atoms with E-state index >= 15 is 0 Å². The van der Waals surface area contributed by atoms with E-state index in [2.05, 4.69) is 41.3 Å². The van der Waals surface area contributed by atoms with Gasteiger partial charge in [-0.2, -0.15) is 0 Å². The Labute approximate surface area is 146 Å². The summed E-state index contributed by atoms with van der Waals surface area (Å²) in [6, 6.07) is 1.35. The molecule has 6 heteroatoms. The van der Waals surface area contributed by atoms with E-state index in [4.69, 9.17) is 4.74 Å². The number of nitrogens with one attached hydrogen (secondary N) is 2. The molecule has 2 rings (SSSR count). The van der Waals surface area contributed by atoms with Gasteiger partial charge in [0.05, 0.1) is 5.60 Å². The van der Waals surface area contributed by atoms with Gasteiger partial charge in [-0.05, 0) is 32.6 Å². The number of hydrogen-bond donors (Lipinski definition) is 2. The minimum atomic E-state index is -0.182. The first-order valence-corrected chi connectivity index (χ1v) is 7.71. The van der Waals surface area contributed by atoms with Crippen molar-refractivity contribution in [1.29, 1.82) is 0 Å². The Morgan fingerprint density at radius 3 is 2.52 bits per heavy atom. The Morgan fingerprint density at radius 1 is 1.33 bits per heavy atom. The van der Waals surface area contributed by atoms with Gasteiger partial charge in [-0.1, -0.05) is 6.92 Å². The number of likely N-dealkylation sites (tertiary alicyclic amines) is 1. The van der Waals surface area contributed by atoms with Crippen LogP contribution in [-0.2, 0) is 4.74 Å². The lowest BCUT2D eigenvalue weighted by molar-refractivity contribution is 0.0268. The van der Waals surface area contributed by atoms with Crippen molar-refractivity contribution in [2.45, 2.75) is 51.3 Å². The van der Waals surface area contributed by atoms with Crippen LogP contribution in [0.1, 0.15) is 33.6 Å². The largest absolute Gasteiger partial charge is 0.377 e. The third-order valence-electron chi connectivity index (χ3n) is 4.48. The fourth-order valence-corrected chi connectivity index (χ4v) is 2.67. The van der Waals surface area contributed by atoms with Crippen molar-refractivity contribution in [3.63, 3.8) is 0 Å². The van der Waals surface area contributed by atoms with Crippen molar-refractivity contribution in [3.8, 4) is 0 Å². The second-order valence-electron chi connectivity index (χ2n) is 6.80. The van der Waals surface area contributed by atoms with Gasteiger partial charge in [-0.3, -0.25) is 9.89 Å². The molecule has 0 spiro atoms. The Kier molecular flexibility index (Phi) is 7.19. The highest BCUT2D eigenvalue weighted by atomic mass is 127. The van der Waals surface area contributed by atoms with Crippen molar-refractivity contribution in [2.24, 2.45) is 10.9 Å². The van der Waals surface area contributed by atoms with Crippen molar-refractivity contribution in [3.05, 3.63) is 0 Å². The van der Waals surface area contributed by atoms with Gasteiger partial charge in [0.15, 0.2) is 5.96 Å². The van der Waals surface area contributed by atoms with Crippen LogP contribution in [0.5, 0.6) is 0 Å². The average Bonchev–Trinajstić information content (AvgIpc) is 3.20. The zero-order chi connectivity index (χ0) is 14.8. The van der Waals surface area contributed by atoms with E-state index in [9.17, 15) is 0 Å². The Balaban J connectivity index is 0.00000220. The monoisotopic (exact) mass is 410 g/mol. The lowest BCUT2D eigenvalue weighted by Gasteiger charge is -2.26. The number of guanidine groups is 1. The number of rotatable bonds is 5. The van der Waals surface area contributed by atoms with Gasteiger partial charge in [0.25, 0.3) is 0 Å². The fourth-order valence-electron chi connectivity index (χ4n) is 2.67. The number of nitrogens with zero attached hydrogens (tertiary/aromatic N) is 2. The van der Waals surface area contributed by atoms with Crippen LogP contribution in [0.2, 0.25) is 0 Å². The molecular formula is C15H31IN4O. The van der Waals surface area contributed by atoms with Crippen LogP contribution in [0.25, 0.3) is 0 Å². The van der Waals surface area contributed by atoms with Crippen LogP contribution >= 0.6 is 24.0 Å². The van der Waals surface area contributed by atoms with E-state index in [1.165, 1.54) is 19.4 Å². The first-order chi connectivity index (χ1) is 9.45. The van der Waals surface area contributed by atoms with Gasteiger partial charge in [-0.15, -0.1) is 24.0 Å². The zero-order valence-electron chi connectivity index (χ0n) is 14.0. The predicted molar refractivity (Wildman–Crippen MR) is 98.5 cm³/mol. The lowest BCUT2D eigenvalue weighted by Crippen LogP contribution is -2.50. The third kappa shape index (κ3) is 5.56. The molecular weight excluding hydrogens is 379 g/mol. The highest BCUT2D eigenvalue weighted by molar-refractivity contribution is 14.0. The van der Waals surface area contributed by atoms with Gasteiger partial charge in [-0.25, -0.2) is 0 Å². The normalized spacial score (nSPS) is 27.4. The number of methoxy groups -OCH3 is 1. The molecule has 1 saturated heterocycles. The van der Waals surface area contributed by atoms with Crippen LogP contribution in [0.3, 0.4) is 0 Å². The summed E-state index contributed by atoms with van der Waals surface area (Å²) in [7, 11) is 3.57. The van der Waals surface area contributed by atoms with Crippen molar-refractivity contribution >= 4 is 29.9 Å². The number of hydrogen-bond acceptors (Lipinski definition) is 3. The molecule has 2 aliphatic rings. The molecule has 2 N–H and O–H groups in total. The van der Waals surface area contributed by atoms with E-state index < -0.39 is 0 Å². The van der Waals surface area contributed by atoms with Gasteiger partial charge in [0.2, 0.25) is 0 Å². The number of halogens is 1. The van der Waals surface area contributed by atoms with Crippen LogP contribution in [0.4, 0.5) is 0 Å². The lowest BCUT2D eigenvalue weighted by atomic mass is 10.1. The van der Waals surface area contributed by atoms with Crippen molar-refractivity contribution in [2.75, 3.05) is 33.8 Å². The van der Waals surface area contributed by atoms with Crippen molar-refractivity contribution in [1.82, 2.24) is 15.5 Å². The molecule has 0 bridgehead atoms. The average molecular weight is 410 g/mol. The molecule has 1 saturated carbocycles. The first-order valence-electron chi connectivity index (χ1n) is 7.71. The maximum Gasteiger partial charge on any atom is 0.191 e. The van der Waals surface area contributed by atoms with Crippen LogP contribution in [0.15, 0.2) is 4.99 Å². The molecule has 5 nitrogen and oxygen atoms in total. The summed E-state index contributed by atoms with van der Waals surface area (Å²) in [4.78, 5) is 6.95. The highest BCUT2D eigenvalue weighted by Gasteiger charge is 2.38. The van der Waals surface area contributed by atoms with E-state index in [1.807, 2.05) is 7.05 Å². The molecule has 2 fully saturated rings. The molecule has 0 radical (unpaired) electrons. The molecule has 2 atom stereocenters. The highest BCUT2D eigenvalue weighted by Crippen LogP contribution is 2.31. The maximum atomic E-state index is 5.43. The Bertz CT molecular complexity index is 358. The topological polar surface area (TPSA) is 48.9 Å². The molecule has 1 aliphatic heterocycles. The van der Waals surface area contributed by atoms with Crippen molar-refractivity contribution < 1.29 is 4.74 Å². The second kappa shape index (κ2) is 7.97. The summed E-state index contributed by atoms with van der Waals surface area (Å²) in [5.41, 5.74) is -0.182. The second-order valence-corrected chi connectivity index (χ2v) is 6.80. The minimum absolute atomic E-state index is 0. The molecule has 0 aromatic rings. The minimum Gasteiger partial charge on any atom is -0.377 e. The molecule has 21 heavy (non-hydrogen) atoms. The summed E-state index contributed by atoms with van der Waals surface area (Å²) >= 11 is 0. The standard InChI is InChI=1S/C15H30N4O.HI/c1-11-8-19(12-6-7-12)9-13(11)18-14(16-4)17-10-15(2,3)20-5;/h11-13H,6-10H2,1-5H3,(H2,16,17,18);1H. The number of ether oxygens (including phenoxy) is 1. The van der Waals surface area contributed by atoms with Crippen LogP contribution < -0.4 is 10.6 Å². The zero-order valence-corrected chi connectivity index (χ0v) is 16.3. The fraction of sp³-hybridized carbons (Fsp3) is 0.933. The summed E-state index contributed by atoms with van der Waals surface area (Å²) in [5, 5.41) is 6.93. The van der Waals surface area contributed by atoms with E-state index in [-0.39, 0.29) is 29.6 Å². The van der Waals surface area contributed by atoms with Crippen LogP contribution in [-0.4, -0.2) is 62.3 Å². The summed E-state index contributed by atoms with van der Waals surface area (Å²) in [6.07, 6.45) is 2.77. The van der Waals surface area contributed by atoms with E-state index in [1.54, 1.807) is 7.11 Å². The quantitative estimate of drug-likeness (QED) is 0.412. The number of aliphatic imine (C=N–C) groups is 1. The Hall–Kier alpha value is -0.0800. The molecule has 0 aromatic carbocycles.